The maximum Gasteiger partial charge on any atom is 0.236 e. The van der Waals surface area contributed by atoms with Crippen LogP contribution in [0.15, 0.2) is 0 Å². The highest BCUT2D eigenvalue weighted by Gasteiger charge is 2.34. The quantitative estimate of drug-likeness (QED) is 0.683. The molecule has 0 aromatic carbocycles. The molecule has 2 saturated heterocycles. The smallest absolute Gasteiger partial charge is 0.236 e. The third kappa shape index (κ3) is 4.64. The fourth-order valence-corrected chi connectivity index (χ4v) is 3.13. The number of nitrogens with two attached hydrogens (primary N) is 1. The minimum absolute atomic E-state index is 0.101. The van der Waals surface area contributed by atoms with Crippen LogP contribution < -0.4 is 11.1 Å². The van der Waals surface area contributed by atoms with Gasteiger partial charge in [0, 0.05) is 45.6 Å². The second-order valence-electron chi connectivity index (χ2n) is 6.03. The van der Waals surface area contributed by atoms with Crippen LogP contribution in [0.3, 0.4) is 0 Å². The average Bonchev–Trinajstić information content (AvgIpc) is 2.44. The predicted octanol–water partition coefficient (Wildman–Crippen LogP) is -0.278. The van der Waals surface area contributed by atoms with E-state index < -0.39 is 0 Å². The van der Waals surface area contributed by atoms with Gasteiger partial charge in [0.25, 0.3) is 0 Å². The van der Waals surface area contributed by atoms with E-state index in [2.05, 4.69) is 10.2 Å². The van der Waals surface area contributed by atoms with Crippen LogP contribution in [0.1, 0.15) is 25.7 Å². The normalized spacial score (nSPS) is 25.9. The molecule has 0 spiro atoms. The number of carbonyl (C=O) groups excluding carboxylic acids is 2. The van der Waals surface area contributed by atoms with Gasteiger partial charge in [-0.1, -0.05) is 12.2 Å². The average molecular weight is 312 g/mol. The Hall–Kier alpha value is -1.21. The molecular weight excluding hydrogens is 288 g/mol. The molecule has 0 aliphatic carbocycles. The molecule has 2 amide bonds. The van der Waals surface area contributed by atoms with Crippen LogP contribution in [-0.4, -0.2) is 65.9 Å². The second-order valence-corrected chi connectivity index (χ2v) is 6.55. The van der Waals surface area contributed by atoms with Crippen LogP contribution in [-0.2, 0) is 9.59 Å². The summed E-state index contributed by atoms with van der Waals surface area (Å²) in [5, 5.41) is 3.06. The SMILES string of the molecule is CN(CCC(N)=S)C(=O)CN1CCC2NC(=O)CCC2C1. The highest BCUT2D eigenvalue weighted by molar-refractivity contribution is 7.80. The summed E-state index contributed by atoms with van der Waals surface area (Å²) < 4.78 is 0. The minimum Gasteiger partial charge on any atom is -0.393 e. The van der Waals surface area contributed by atoms with E-state index in [1.807, 2.05) is 0 Å². The van der Waals surface area contributed by atoms with Crippen LogP contribution >= 0.6 is 12.2 Å². The number of carbonyl (C=O) groups is 2. The van der Waals surface area contributed by atoms with Crippen molar-refractivity contribution in [3.63, 3.8) is 0 Å². The van der Waals surface area contributed by atoms with Crippen molar-refractivity contribution in [2.45, 2.75) is 31.7 Å². The third-order valence-corrected chi connectivity index (χ3v) is 4.59. The van der Waals surface area contributed by atoms with E-state index >= 15 is 0 Å². The van der Waals surface area contributed by atoms with Crippen molar-refractivity contribution in [3.05, 3.63) is 0 Å². The van der Waals surface area contributed by atoms with Gasteiger partial charge >= 0.3 is 0 Å². The molecule has 2 aliphatic rings. The molecule has 3 N–H and O–H groups in total. The summed E-state index contributed by atoms with van der Waals surface area (Å²) in [4.78, 5) is 27.9. The maximum atomic E-state index is 12.2. The van der Waals surface area contributed by atoms with Crippen molar-refractivity contribution in [3.8, 4) is 0 Å². The number of likely N-dealkylation sites (tertiary alicyclic amines) is 1. The number of rotatable bonds is 5. The molecule has 118 valence electrons. The predicted molar refractivity (Wildman–Crippen MR) is 84.8 cm³/mol. The summed E-state index contributed by atoms with van der Waals surface area (Å²) in [6, 6.07) is 0.296. The summed E-state index contributed by atoms with van der Waals surface area (Å²) in [5.74, 6) is 0.744. The van der Waals surface area contributed by atoms with E-state index in [9.17, 15) is 9.59 Å². The lowest BCUT2D eigenvalue weighted by molar-refractivity contribution is -0.132. The van der Waals surface area contributed by atoms with E-state index in [-0.39, 0.29) is 11.8 Å². The topological polar surface area (TPSA) is 78.7 Å². The van der Waals surface area contributed by atoms with Crippen molar-refractivity contribution in [1.82, 2.24) is 15.1 Å². The van der Waals surface area contributed by atoms with Crippen LogP contribution in [0, 0.1) is 5.92 Å². The van der Waals surface area contributed by atoms with Gasteiger partial charge in [-0.05, 0) is 18.8 Å². The van der Waals surface area contributed by atoms with Crippen molar-refractivity contribution >= 4 is 29.0 Å². The molecule has 0 radical (unpaired) electrons. The van der Waals surface area contributed by atoms with Crippen LogP contribution in [0.4, 0.5) is 0 Å². The van der Waals surface area contributed by atoms with Crippen LogP contribution in [0.5, 0.6) is 0 Å². The maximum absolute atomic E-state index is 12.2. The number of amides is 2. The molecular formula is C14H24N4O2S. The number of hydrogen-bond donors (Lipinski definition) is 2. The van der Waals surface area contributed by atoms with Crippen LogP contribution in [0.25, 0.3) is 0 Å². The van der Waals surface area contributed by atoms with E-state index in [0.717, 1.165) is 25.9 Å². The Labute approximate surface area is 131 Å². The van der Waals surface area contributed by atoms with Gasteiger partial charge in [-0.15, -0.1) is 0 Å². The minimum atomic E-state index is 0.101. The van der Waals surface area contributed by atoms with Gasteiger partial charge in [0.05, 0.1) is 11.5 Å². The van der Waals surface area contributed by atoms with Gasteiger partial charge < -0.3 is 16.0 Å². The zero-order chi connectivity index (χ0) is 15.4. The summed E-state index contributed by atoms with van der Waals surface area (Å²) in [7, 11) is 1.79. The largest absolute Gasteiger partial charge is 0.393 e. The highest BCUT2D eigenvalue weighted by Crippen LogP contribution is 2.25. The molecule has 7 heteroatoms. The molecule has 0 aromatic rings. The standard InChI is InChI=1S/C14H24N4O2S/c1-17(6-5-12(15)21)14(20)9-18-7-4-11-10(8-18)2-3-13(19)16-11/h10-11H,2-9H2,1H3,(H2,15,21)(H,16,19). The second kappa shape index (κ2) is 7.17. The zero-order valence-corrected chi connectivity index (χ0v) is 13.3. The van der Waals surface area contributed by atoms with Crippen LogP contribution in [0.2, 0.25) is 0 Å². The fourth-order valence-electron chi connectivity index (χ4n) is 3.04. The van der Waals surface area contributed by atoms with Crippen molar-refractivity contribution in [1.29, 1.82) is 0 Å². The molecule has 0 aromatic heterocycles. The van der Waals surface area contributed by atoms with Gasteiger partial charge in [-0.25, -0.2) is 0 Å². The molecule has 21 heavy (non-hydrogen) atoms. The highest BCUT2D eigenvalue weighted by atomic mass is 32.1. The molecule has 2 heterocycles. The summed E-state index contributed by atoms with van der Waals surface area (Å²) in [6.45, 7) is 2.76. The lowest BCUT2D eigenvalue weighted by Crippen LogP contribution is -2.55. The molecule has 6 nitrogen and oxygen atoms in total. The number of likely N-dealkylation sites (N-methyl/N-ethyl adjacent to an activating group) is 1. The number of hydrogen-bond acceptors (Lipinski definition) is 4. The van der Waals surface area contributed by atoms with Gasteiger partial charge in [0.2, 0.25) is 11.8 Å². The Morgan fingerprint density at radius 3 is 3.00 bits per heavy atom. The number of nitrogens with zero attached hydrogens (tertiary/aromatic N) is 2. The van der Waals surface area contributed by atoms with E-state index in [1.54, 1.807) is 11.9 Å². The first-order valence-electron chi connectivity index (χ1n) is 7.49. The number of fused-ring (bicyclic) bond motifs is 1. The van der Waals surface area contributed by atoms with E-state index in [4.69, 9.17) is 18.0 Å². The zero-order valence-electron chi connectivity index (χ0n) is 12.5. The van der Waals surface area contributed by atoms with Gasteiger partial charge in [-0.3, -0.25) is 14.5 Å². The lowest BCUT2D eigenvalue weighted by Gasteiger charge is -2.41. The van der Waals surface area contributed by atoms with Gasteiger partial charge in [0.1, 0.15) is 0 Å². The Kier molecular flexibility index (Phi) is 5.52. The lowest BCUT2D eigenvalue weighted by atomic mass is 9.85. The Morgan fingerprint density at radius 1 is 1.52 bits per heavy atom. The van der Waals surface area contributed by atoms with Crippen molar-refractivity contribution in [2.24, 2.45) is 11.7 Å². The molecule has 2 rings (SSSR count). The van der Waals surface area contributed by atoms with Gasteiger partial charge in [0.15, 0.2) is 0 Å². The Balaban J connectivity index is 1.77. The van der Waals surface area contributed by atoms with E-state index in [0.29, 0.717) is 42.9 Å². The molecule has 2 fully saturated rings. The number of thiocarbonyl (C=S) groups is 1. The molecule has 0 bridgehead atoms. The third-order valence-electron chi connectivity index (χ3n) is 4.38. The fraction of sp³-hybridized carbons (Fsp3) is 0.786. The first kappa shape index (κ1) is 16.2. The number of piperidine rings is 2. The summed E-state index contributed by atoms with van der Waals surface area (Å²) >= 11 is 4.83. The first-order chi connectivity index (χ1) is 9.95. The first-order valence-corrected chi connectivity index (χ1v) is 7.90. The Morgan fingerprint density at radius 2 is 2.29 bits per heavy atom. The molecule has 2 aliphatic heterocycles. The summed E-state index contributed by atoms with van der Waals surface area (Å²) in [6.07, 6.45) is 3.03. The Bertz CT molecular complexity index is 429. The van der Waals surface area contributed by atoms with Gasteiger partial charge in [-0.2, -0.15) is 0 Å². The molecule has 0 saturated carbocycles. The number of nitrogens with one attached hydrogen (secondary N) is 1. The summed E-state index contributed by atoms with van der Waals surface area (Å²) in [5.41, 5.74) is 5.46. The molecule has 2 atom stereocenters. The monoisotopic (exact) mass is 312 g/mol. The molecule has 2 unspecified atom stereocenters. The van der Waals surface area contributed by atoms with Crippen molar-refractivity contribution < 1.29 is 9.59 Å². The van der Waals surface area contributed by atoms with E-state index in [1.165, 1.54) is 0 Å². The van der Waals surface area contributed by atoms with Crippen molar-refractivity contribution in [2.75, 3.05) is 33.2 Å².